The minimum Gasteiger partial charge on any atom is -0.383 e. The SMILES string of the molecule is CC(C)(C)NC(=O)N[C@H](C(=O)N1C[C@H]2[C@@H]([C@H]1C(=O)CC(CC1CCC1)C(O)C(N)=O)C2(C)C)C(C)(C)C. The lowest BCUT2D eigenvalue weighted by atomic mass is 9.75. The average Bonchev–Trinajstić information content (AvgIpc) is 3.06. The van der Waals surface area contributed by atoms with Gasteiger partial charge in [-0.15, -0.1) is 0 Å². The zero-order valence-electron chi connectivity index (χ0n) is 23.9. The minimum atomic E-state index is -1.39. The predicted octanol–water partition coefficient (Wildman–Crippen LogP) is 2.59. The number of ketones is 1. The van der Waals surface area contributed by atoms with Crippen LogP contribution >= 0.6 is 0 Å². The molecule has 5 N–H and O–H groups in total. The molecule has 2 aliphatic carbocycles. The normalized spacial score (nSPS) is 27.4. The largest absolute Gasteiger partial charge is 0.383 e. The Labute approximate surface area is 221 Å². The van der Waals surface area contributed by atoms with Gasteiger partial charge in [-0.2, -0.15) is 0 Å². The van der Waals surface area contributed by atoms with E-state index in [0.29, 0.717) is 18.9 Å². The number of aliphatic hydroxyl groups excluding tert-OH is 1. The van der Waals surface area contributed by atoms with Gasteiger partial charge >= 0.3 is 6.03 Å². The Bertz CT molecular complexity index is 915. The summed E-state index contributed by atoms with van der Waals surface area (Å²) in [6, 6.07) is -1.90. The first-order valence-corrected chi connectivity index (χ1v) is 13.7. The number of rotatable bonds is 9. The fourth-order valence-corrected chi connectivity index (χ4v) is 6.30. The Morgan fingerprint density at radius 2 is 1.68 bits per heavy atom. The van der Waals surface area contributed by atoms with Crippen LogP contribution in [0.4, 0.5) is 4.79 Å². The van der Waals surface area contributed by atoms with Crippen LogP contribution < -0.4 is 16.4 Å². The van der Waals surface area contributed by atoms with E-state index in [1.54, 1.807) is 4.90 Å². The highest BCUT2D eigenvalue weighted by Crippen LogP contribution is 2.65. The molecule has 0 aromatic rings. The Morgan fingerprint density at radius 3 is 2.14 bits per heavy atom. The van der Waals surface area contributed by atoms with Crippen molar-refractivity contribution in [3.8, 4) is 0 Å². The molecular weight excluding hydrogens is 472 g/mol. The highest BCUT2D eigenvalue weighted by molar-refractivity contribution is 5.95. The van der Waals surface area contributed by atoms with Crippen LogP contribution in [0.5, 0.6) is 0 Å². The fraction of sp³-hybridized carbons (Fsp3) is 0.857. The summed E-state index contributed by atoms with van der Waals surface area (Å²) in [6.45, 7) is 16.0. The second kappa shape index (κ2) is 10.2. The number of likely N-dealkylation sites (tertiary alicyclic amines) is 1. The van der Waals surface area contributed by atoms with Gasteiger partial charge in [-0.25, -0.2) is 4.79 Å². The third-order valence-corrected chi connectivity index (χ3v) is 8.76. The minimum absolute atomic E-state index is 0.00643. The molecule has 0 aromatic heterocycles. The van der Waals surface area contributed by atoms with Crippen LogP contribution in [0.1, 0.15) is 87.5 Å². The van der Waals surface area contributed by atoms with Gasteiger partial charge in [0, 0.05) is 24.4 Å². The maximum atomic E-state index is 14.0. The molecule has 37 heavy (non-hydrogen) atoms. The van der Waals surface area contributed by atoms with Gasteiger partial charge in [-0.1, -0.05) is 53.9 Å². The van der Waals surface area contributed by atoms with Gasteiger partial charge in [-0.3, -0.25) is 14.4 Å². The van der Waals surface area contributed by atoms with Gasteiger partial charge in [0.25, 0.3) is 0 Å². The van der Waals surface area contributed by atoms with Crippen molar-refractivity contribution in [3.63, 3.8) is 0 Å². The lowest BCUT2D eigenvalue weighted by Crippen LogP contribution is -2.60. The second-order valence-corrected chi connectivity index (χ2v) is 14.3. The van der Waals surface area contributed by atoms with Gasteiger partial charge in [0.05, 0.1) is 6.04 Å². The summed E-state index contributed by atoms with van der Waals surface area (Å²) in [4.78, 5) is 54.0. The first-order valence-electron chi connectivity index (χ1n) is 13.7. The van der Waals surface area contributed by atoms with Crippen molar-refractivity contribution in [1.82, 2.24) is 15.5 Å². The number of urea groups is 1. The van der Waals surface area contributed by atoms with Crippen LogP contribution in [0, 0.1) is 34.5 Å². The third-order valence-electron chi connectivity index (χ3n) is 8.76. The number of hydrogen-bond acceptors (Lipinski definition) is 5. The molecule has 3 aliphatic rings. The number of nitrogens with two attached hydrogens (primary N) is 1. The van der Waals surface area contributed by atoms with Crippen LogP contribution in [0.25, 0.3) is 0 Å². The van der Waals surface area contributed by atoms with Crippen LogP contribution in [-0.4, -0.2) is 63.9 Å². The summed E-state index contributed by atoms with van der Waals surface area (Å²) in [6.07, 6.45) is 2.36. The Morgan fingerprint density at radius 1 is 1.08 bits per heavy atom. The van der Waals surface area contributed by atoms with Gasteiger partial charge in [0.1, 0.15) is 12.1 Å². The molecule has 0 aromatic carbocycles. The standard InChI is InChI=1S/C28H48N4O5/c1-26(2,3)22(30-25(37)31-27(4,5)6)24(36)32-14-17-19(28(17,7)8)20(32)18(33)13-16(21(34)23(29)35)12-15-10-9-11-15/h15-17,19-22,34H,9-14H2,1-8H3,(H2,29,35)(H2,30,31,37)/t16?,17-,19-,20+,21?,22+/m0/s1. The molecule has 4 amide bonds. The van der Waals surface area contributed by atoms with E-state index >= 15 is 0 Å². The van der Waals surface area contributed by atoms with E-state index in [-0.39, 0.29) is 35.4 Å². The highest BCUT2D eigenvalue weighted by Gasteiger charge is 2.69. The summed E-state index contributed by atoms with van der Waals surface area (Å²) in [5.41, 5.74) is 4.30. The van der Waals surface area contributed by atoms with E-state index in [9.17, 15) is 24.3 Å². The zero-order chi connectivity index (χ0) is 28.1. The third kappa shape index (κ3) is 6.47. The number of hydrogen-bond donors (Lipinski definition) is 4. The maximum absolute atomic E-state index is 14.0. The number of nitrogens with zero attached hydrogens (tertiary/aromatic N) is 1. The first kappa shape index (κ1) is 29.4. The lowest BCUT2D eigenvalue weighted by molar-refractivity contribution is -0.144. The lowest BCUT2D eigenvalue weighted by Gasteiger charge is -2.38. The molecule has 210 valence electrons. The summed E-state index contributed by atoms with van der Waals surface area (Å²) < 4.78 is 0. The van der Waals surface area contributed by atoms with Crippen molar-refractivity contribution in [2.75, 3.05) is 6.54 Å². The van der Waals surface area contributed by atoms with E-state index in [2.05, 4.69) is 24.5 Å². The quantitative estimate of drug-likeness (QED) is 0.370. The van der Waals surface area contributed by atoms with E-state index in [4.69, 9.17) is 5.73 Å². The summed E-state index contributed by atoms with van der Waals surface area (Å²) in [5.74, 6) is -1.19. The number of piperidine rings is 1. The fourth-order valence-electron chi connectivity index (χ4n) is 6.30. The molecule has 3 rings (SSSR count). The number of Topliss-reactive ketones (excluding diaryl/α,β-unsaturated/α-hetero) is 1. The predicted molar refractivity (Wildman–Crippen MR) is 141 cm³/mol. The maximum Gasteiger partial charge on any atom is 0.315 e. The molecule has 1 heterocycles. The van der Waals surface area contributed by atoms with Gasteiger partial charge in [0.2, 0.25) is 11.8 Å². The van der Waals surface area contributed by atoms with Crippen molar-refractivity contribution in [3.05, 3.63) is 0 Å². The monoisotopic (exact) mass is 520 g/mol. The molecule has 0 radical (unpaired) electrons. The number of aliphatic hydroxyl groups is 1. The molecule has 9 nitrogen and oxygen atoms in total. The van der Waals surface area contributed by atoms with Crippen LogP contribution in [-0.2, 0) is 14.4 Å². The van der Waals surface area contributed by atoms with Crippen LogP contribution in [0.15, 0.2) is 0 Å². The van der Waals surface area contributed by atoms with Crippen LogP contribution in [0.3, 0.4) is 0 Å². The summed E-state index contributed by atoms with van der Waals surface area (Å²) >= 11 is 0. The Kier molecular flexibility index (Phi) is 8.10. The molecule has 1 aliphatic heterocycles. The molecule has 6 atom stereocenters. The molecule has 2 unspecified atom stereocenters. The van der Waals surface area contributed by atoms with E-state index in [1.807, 2.05) is 41.5 Å². The second-order valence-electron chi connectivity index (χ2n) is 14.3. The molecular formula is C28H48N4O5. The summed E-state index contributed by atoms with van der Waals surface area (Å²) in [7, 11) is 0. The van der Waals surface area contributed by atoms with E-state index < -0.39 is 47.0 Å². The average molecular weight is 521 g/mol. The molecule has 9 heteroatoms. The van der Waals surface area contributed by atoms with Gasteiger partial charge in [0.15, 0.2) is 5.78 Å². The first-order chi connectivity index (χ1) is 16.8. The van der Waals surface area contributed by atoms with Crippen molar-refractivity contribution >= 4 is 23.6 Å². The van der Waals surface area contributed by atoms with Crippen molar-refractivity contribution in [2.24, 2.45) is 40.2 Å². The van der Waals surface area contributed by atoms with E-state index in [0.717, 1.165) is 19.3 Å². The van der Waals surface area contributed by atoms with Crippen LogP contribution in [0.2, 0.25) is 0 Å². The molecule has 2 saturated carbocycles. The smallest absolute Gasteiger partial charge is 0.315 e. The van der Waals surface area contributed by atoms with E-state index in [1.165, 1.54) is 0 Å². The molecule has 0 bridgehead atoms. The van der Waals surface area contributed by atoms with Crippen molar-refractivity contribution < 1.29 is 24.3 Å². The summed E-state index contributed by atoms with van der Waals surface area (Å²) in [5, 5.41) is 16.2. The number of carbonyl (C=O) groups is 4. The number of amides is 4. The van der Waals surface area contributed by atoms with Gasteiger partial charge in [-0.05, 0) is 55.8 Å². The number of primary amides is 1. The highest BCUT2D eigenvalue weighted by atomic mass is 16.3. The van der Waals surface area contributed by atoms with Crippen molar-refractivity contribution in [1.29, 1.82) is 0 Å². The molecule has 3 fully saturated rings. The number of carbonyl (C=O) groups excluding carboxylic acids is 4. The Hall–Kier alpha value is -2.16. The topological polar surface area (TPSA) is 142 Å². The molecule has 0 spiro atoms. The van der Waals surface area contributed by atoms with Gasteiger partial charge < -0.3 is 26.4 Å². The molecule has 1 saturated heterocycles. The number of nitrogens with one attached hydrogen (secondary N) is 2. The Balaban J connectivity index is 1.83. The number of fused-ring (bicyclic) bond motifs is 1. The zero-order valence-corrected chi connectivity index (χ0v) is 23.9. The van der Waals surface area contributed by atoms with Crippen molar-refractivity contribution in [2.45, 2.75) is 111 Å².